The molecule has 0 aliphatic carbocycles. The number of carbonyl (C=O) groups excluding carboxylic acids is 1. The van der Waals surface area contributed by atoms with Crippen LogP contribution in [-0.2, 0) is 9.59 Å². The zero-order valence-corrected chi connectivity index (χ0v) is 12.2. The van der Waals surface area contributed by atoms with Crippen LogP contribution in [0, 0.1) is 5.92 Å². The Bertz CT molecular complexity index is 358. The number of hydrogen-bond donors (Lipinski definition) is 3. The smallest absolute Gasteiger partial charge is 0.305 e. The number of nitrogens with one attached hydrogen (secondary N) is 1. The Labute approximate surface area is 118 Å². The summed E-state index contributed by atoms with van der Waals surface area (Å²) < 4.78 is 0.276. The van der Waals surface area contributed by atoms with E-state index < -0.39 is 12.0 Å². The first kappa shape index (κ1) is 16.2. The van der Waals surface area contributed by atoms with Gasteiger partial charge in [0.15, 0.2) is 0 Å². The number of carboxylic acid groups (broad SMARTS) is 1. The Morgan fingerprint density at radius 3 is 2.74 bits per heavy atom. The van der Waals surface area contributed by atoms with Gasteiger partial charge in [-0.3, -0.25) is 4.79 Å². The molecule has 0 radical (unpaired) electrons. The minimum Gasteiger partial charge on any atom is -0.481 e. The number of carbonyl (C=O) groups is 2. The minimum atomic E-state index is -0.998. The minimum absolute atomic E-state index is 0.211. The monoisotopic (exact) mass is 286 g/mol. The summed E-state index contributed by atoms with van der Waals surface area (Å²) in [6, 6.07) is -0.884. The predicted octanol–water partition coefficient (Wildman–Crippen LogP) is 0.643. The first-order valence-electron chi connectivity index (χ1n) is 6.33. The Balaban J connectivity index is 2.30. The van der Waals surface area contributed by atoms with Gasteiger partial charge >= 0.3 is 5.97 Å². The van der Waals surface area contributed by atoms with Crippen LogP contribution in [-0.4, -0.2) is 46.5 Å². The molecule has 0 aromatic carbocycles. The Morgan fingerprint density at radius 2 is 2.32 bits per heavy atom. The van der Waals surface area contributed by atoms with Gasteiger partial charge in [0.25, 0.3) is 0 Å². The number of aliphatic carboxylic acids is 1. The summed E-state index contributed by atoms with van der Waals surface area (Å²) >= 11 is 1.93. The van der Waals surface area contributed by atoms with E-state index in [9.17, 15) is 9.59 Å². The Morgan fingerprint density at radius 1 is 1.63 bits per heavy atom. The van der Waals surface area contributed by atoms with Crippen LogP contribution in [0.25, 0.3) is 0 Å². The summed E-state index contributed by atoms with van der Waals surface area (Å²) in [6.45, 7) is 4.80. The van der Waals surface area contributed by atoms with Gasteiger partial charge in [0.1, 0.15) is 6.29 Å². The fourth-order valence-corrected chi connectivity index (χ4v) is 3.00. The van der Waals surface area contributed by atoms with E-state index in [1.165, 1.54) is 0 Å². The largest absolute Gasteiger partial charge is 0.481 e. The van der Waals surface area contributed by atoms with Gasteiger partial charge in [0.05, 0.1) is 12.5 Å². The van der Waals surface area contributed by atoms with Crippen molar-refractivity contribution in [1.82, 2.24) is 5.32 Å². The summed E-state index contributed by atoms with van der Waals surface area (Å²) in [6.07, 6.45) is 4.44. The number of aldehydes is 1. The number of hydrogen-bond acceptors (Lipinski definition) is 5. The van der Waals surface area contributed by atoms with E-state index in [1.807, 2.05) is 17.8 Å². The maximum atomic E-state index is 10.7. The maximum absolute atomic E-state index is 10.7. The molecule has 1 saturated heterocycles. The topological polar surface area (TPSA) is 92.4 Å². The van der Waals surface area contributed by atoms with E-state index in [2.05, 4.69) is 25.2 Å². The molecule has 0 bridgehead atoms. The molecule has 0 saturated carbocycles. The van der Waals surface area contributed by atoms with Gasteiger partial charge in [-0.25, -0.2) is 0 Å². The van der Waals surface area contributed by atoms with Crippen molar-refractivity contribution < 1.29 is 14.7 Å². The highest BCUT2D eigenvalue weighted by Gasteiger charge is 2.37. The summed E-state index contributed by atoms with van der Waals surface area (Å²) in [4.78, 5) is 21.2. The van der Waals surface area contributed by atoms with E-state index in [0.29, 0.717) is 18.7 Å². The molecule has 0 aromatic rings. The molecule has 1 rings (SSSR count). The van der Waals surface area contributed by atoms with Gasteiger partial charge < -0.3 is 21.0 Å². The fraction of sp³-hybridized carbons (Fsp3) is 0.692. The molecular weight excluding hydrogens is 264 g/mol. The van der Waals surface area contributed by atoms with Gasteiger partial charge in [-0.15, -0.1) is 0 Å². The van der Waals surface area contributed by atoms with Crippen molar-refractivity contribution in [2.75, 3.05) is 12.3 Å². The predicted molar refractivity (Wildman–Crippen MR) is 77.2 cm³/mol. The molecule has 1 aliphatic heterocycles. The molecule has 5 nitrogen and oxygen atoms in total. The van der Waals surface area contributed by atoms with Crippen LogP contribution in [0.2, 0.25) is 0 Å². The van der Waals surface area contributed by atoms with E-state index in [-0.39, 0.29) is 17.2 Å². The van der Waals surface area contributed by atoms with E-state index in [0.717, 1.165) is 5.75 Å². The van der Waals surface area contributed by atoms with Crippen LogP contribution in [0.3, 0.4) is 0 Å². The van der Waals surface area contributed by atoms with Crippen LogP contribution in [0.4, 0.5) is 0 Å². The first-order chi connectivity index (χ1) is 8.85. The zero-order valence-electron chi connectivity index (χ0n) is 11.3. The average molecular weight is 286 g/mol. The molecule has 0 spiro atoms. The molecule has 3 atom stereocenters. The molecule has 1 heterocycles. The lowest BCUT2D eigenvalue weighted by molar-refractivity contribution is -0.138. The molecule has 108 valence electrons. The second-order valence-corrected chi connectivity index (χ2v) is 6.99. The second kappa shape index (κ2) is 7.07. The quantitative estimate of drug-likeness (QED) is 0.448. The summed E-state index contributed by atoms with van der Waals surface area (Å²) in [5, 5.41) is 11.5. The number of carboxylic acids is 1. The molecule has 19 heavy (non-hydrogen) atoms. The SMILES string of the molecule is CC1(C)SCC1C=CC(N)CN[C@H](C=O)CC(=O)O. The zero-order chi connectivity index (χ0) is 14.5. The molecule has 1 aliphatic rings. The number of allylic oxidation sites excluding steroid dienone is 1. The third kappa shape index (κ3) is 5.34. The lowest BCUT2D eigenvalue weighted by atomic mass is 9.94. The lowest BCUT2D eigenvalue weighted by Crippen LogP contribution is -2.41. The average Bonchev–Trinajstić information content (AvgIpc) is 2.32. The van der Waals surface area contributed by atoms with Crippen LogP contribution >= 0.6 is 11.8 Å². The lowest BCUT2D eigenvalue weighted by Gasteiger charge is -2.42. The third-order valence-electron chi connectivity index (χ3n) is 3.29. The van der Waals surface area contributed by atoms with Crippen molar-refractivity contribution in [2.45, 2.75) is 37.1 Å². The second-order valence-electron chi connectivity index (χ2n) is 5.32. The standard InChI is InChI=1S/C13H22N2O3S/c1-13(2)9(8-19-13)3-4-10(14)6-15-11(7-16)5-12(17)18/h3-4,7,9-11,15H,5-6,8,14H2,1-2H3,(H,17,18)/t9?,10?,11-/m0/s1. The molecular formula is C13H22N2O3S. The van der Waals surface area contributed by atoms with Crippen LogP contribution < -0.4 is 11.1 Å². The highest BCUT2D eigenvalue weighted by molar-refractivity contribution is 8.02. The molecule has 0 amide bonds. The van der Waals surface area contributed by atoms with Gasteiger partial charge in [0.2, 0.25) is 0 Å². The third-order valence-corrected chi connectivity index (χ3v) is 4.87. The highest BCUT2D eigenvalue weighted by atomic mass is 32.2. The van der Waals surface area contributed by atoms with Crippen molar-refractivity contribution in [2.24, 2.45) is 11.7 Å². The molecule has 6 heteroatoms. The van der Waals surface area contributed by atoms with Gasteiger partial charge in [0, 0.05) is 29.0 Å². The maximum Gasteiger partial charge on any atom is 0.305 e. The van der Waals surface area contributed by atoms with Crippen molar-refractivity contribution in [1.29, 1.82) is 0 Å². The summed E-state index contributed by atoms with van der Waals surface area (Å²) in [5.41, 5.74) is 5.90. The first-order valence-corrected chi connectivity index (χ1v) is 7.32. The van der Waals surface area contributed by atoms with Gasteiger partial charge in [-0.1, -0.05) is 26.0 Å². The van der Waals surface area contributed by atoms with Crippen LogP contribution in [0.5, 0.6) is 0 Å². The van der Waals surface area contributed by atoms with E-state index >= 15 is 0 Å². The van der Waals surface area contributed by atoms with E-state index in [1.54, 1.807) is 0 Å². The molecule has 4 N–H and O–H groups in total. The van der Waals surface area contributed by atoms with Crippen molar-refractivity contribution >= 4 is 24.0 Å². The van der Waals surface area contributed by atoms with Crippen LogP contribution in [0.1, 0.15) is 20.3 Å². The highest BCUT2D eigenvalue weighted by Crippen LogP contribution is 2.45. The Kier molecular flexibility index (Phi) is 6.03. The van der Waals surface area contributed by atoms with E-state index in [4.69, 9.17) is 10.8 Å². The molecule has 0 aromatic heterocycles. The summed E-state index contributed by atoms with van der Waals surface area (Å²) in [7, 11) is 0. The van der Waals surface area contributed by atoms with Crippen molar-refractivity contribution in [3.8, 4) is 0 Å². The van der Waals surface area contributed by atoms with Crippen molar-refractivity contribution in [3.05, 3.63) is 12.2 Å². The van der Waals surface area contributed by atoms with Gasteiger partial charge in [-0.2, -0.15) is 11.8 Å². The van der Waals surface area contributed by atoms with Crippen LogP contribution in [0.15, 0.2) is 12.2 Å². The number of thioether (sulfide) groups is 1. The normalized spacial score (nSPS) is 24.7. The number of nitrogens with two attached hydrogens (primary N) is 1. The Hall–Kier alpha value is -0.850. The fourth-order valence-electron chi connectivity index (χ4n) is 1.79. The molecule has 2 unspecified atom stereocenters. The van der Waals surface area contributed by atoms with Crippen molar-refractivity contribution in [3.63, 3.8) is 0 Å². The van der Waals surface area contributed by atoms with Gasteiger partial charge in [-0.05, 0) is 0 Å². The molecule has 1 fully saturated rings. The summed E-state index contributed by atoms with van der Waals surface area (Å²) in [5.74, 6) is 0.644. The number of rotatable bonds is 8.